The standard InChI is InChI=1S/C21H18ClN5O/c22-16-5-3-14(4-6-16)17-8-10-25-20(23)19(17)26-12-13-7-9-24-18(11-13)27-21(28)15-1-2-15/h3-12,15H,1-2H2,(H2,23,25)(H,24,27,28). The number of aromatic nitrogens is 2. The molecule has 3 aromatic rings. The summed E-state index contributed by atoms with van der Waals surface area (Å²) >= 11 is 5.98. The number of nitrogen functional groups attached to an aromatic ring is 1. The number of nitrogens with one attached hydrogen (secondary N) is 1. The fourth-order valence-electron chi connectivity index (χ4n) is 2.78. The van der Waals surface area contributed by atoms with E-state index in [1.807, 2.05) is 36.4 Å². The molecule has 0 spiro atoms. The van der Waals surface area contributed by atoms with Gasteiger partial charge in [-0.1, -0.05) is 23.7 Å². The van der Waals surface area contributed by atoms with Crippen molar-refractivity contribution < 1.29 is 4.79 Å². The molecular formula is C21H18ClN5O. The number of anilines is 2. The van der Waals surface area contributed by atoms with Gasteiger partial charge in [-0.2, -0.15) is 0 Å². The molecule has 1 saturated carbocycles. The molecule has 1 aliphatic rings. The number of hydrogen-bond acceptors (Lipinski definition) is 5. The van der Waals surface area contributed by atoms with Gasteiger partial charge in [0.2, 0.25) is 5.91 Å². The number of aliphatic imine (C=N–C) groups is 1. The van der Waals surface area contributed by atoms with E-state index in [0.717, 1.165) is 29.5 Å². The van der Waals surface area contributed by atoms with E-state index in [-0.39, 0.29) is 11.8 Å². The molecule has 28 heavy (non-hydrogen) atoms. The zero-order chi connectivity index (χ0) is 19.5. The van der Waals surface area contributed by atoms with Gasteiger partial charge in [0.05, 0.1) is 0 Å². The van der Waals surface area contributed by atoms with Crippen LogP contribution in [0.4, 0.5) is 17.3 Å². The van der Waals surface area contributed by atoms with Crippen molar-refractivity contribution in [3.63, 3.8) is 0 Å². The van der Waals surface area contributed by atoms with E-state index >= 15 is 0 Å². The van der Waals surface area contributed by atoms with Gasteiger partial charge in [-0.25, -0.2) is 9.97 Å². The Labute approximate surface area is 167 Å². The van der Waals surface area contributed by atoms with Crippen molar-refractivity contribution in [3.05, 3.63) is 65.4 Å². The molecule has 1 aromatic carbocycles. The van der Waals surface area contributed by atoms with Gasteiger partial charge >= 0.3 is 0 Å². The molecule has 0 aliphatic heterocycles. The third-order valence-electron chi connectivity index (χ3n) is 4.43. The Hall–Kier alpha value is -3.25. The maximum absolute atomic E-state index is 11.9. The van der Waals surface area contributed by atoms with Crippen molar-refractivity contribution in [1.29, 1.82) is 0 Å². The van der Waals surface area contributed by atoms with Crippen LogP contribution >= 0.6 is 11.6 Å². The number of rotatable bonds is 5. The summed E-state index contributed by atoms with van der Waals surface area (Å²) in [6.07, 6.45) is 6.86. The molecule has 0 saturated heterocycles. The summed E-state index contributed by atoms with van der Waals surface area (Å²) in [5.74, 6) is 0.984. The molecule has 7 heteroatoms. The zero-order valence-corrected chi connectivity index (χ0v) is 15.7. The van der Waals surface area contributed by atoms with Gasteiger partial charge in [0, 0.05) is 35.1 Å². The van der Waals surface area contributed by atoms with E-state index < -0.39 is 0 Å². The van der Waals surface area contributed by atoms with Crippen LogP contribution < -0.4 is 11.1 Å². The number of benzene rings is 1. The number of nitrogens with zero attached hydrogens (tertiary/aromatic N) is 3. The van der Waals surface area contributed by atoms with E-state index in [9.17, 15) is 4.79 Å². The summed E-state index contributed by atoms with van der Waals surface area (Å²) in [5, 5.41) is 3.50. The quantitative estimate of drug-likeness (QED) is 0.627. The van der Waals surface area contributed by atoms with E-state index in [1.54, 1.807) is 24.7 Å². The van der Waals surface area contributed by atoms with E-state index in [0.29, 0.717) is 22.3 Å². The van der Waals surface area contributed by atoms with E-state index in [4.69, 9.17) is 17.3 Å². The molecule has 2 heterocycles. The molecule has 0 unspecified atom stereocenters. The molecule has 0 atom stereocenters. The first-order valence-corrected chi connectivity index (χ1v) is 9.29. The fourth-order valence-corrected chi connectivity index (χ4v) is 2.90. The highest BCUT2D eigenvalue weighted by Gasteiger charge is 2.29. The number of hydrogen-bond donors (Lipinski definition) is 2. The predicted molar refractivity (Wildman–Crippen MR) is 112 cm³/mol. The van der Waals surface area contributed by atoms with Gasteiger partial charge in [0.25, 0.3) is 0 Å². The van der Waals surface area contributed by atoms with Crippen LogP contribution in [-0.2, 0) is 4.79 Å². The number of pyridine rings is 2. The summed E-state index contributed by atoms with van der Waals surface area (Å²) < 4.78 is 0. The van der Waals surface area contributed by atoms with Crippen molar-refractivity contribution in [1.82, 2.24) is 9.97 Å². The molecule has 0 bridgehead atoms. The van der Waals surface area contributed by atoms with Crippen LogP contribution in [0.3, 0.4) is 0 Å². The minimum absolute atomic E-state index is 0.0168. The Morgan fingerprint density at radius 1 is 1.14 bits per heavy atom. The average Bonchev–Trinajstić information content (AvgIpc) is 3.53. The summed E-state index contributed by atoms with van der Waals surface area (Å²) in [5.41, 5.74) is 9.24. The van der Waals surface area contributed by atoms with Crippen LogP contribution in [0.15, 0.2) is 59.9 Å². The highest BCUT2D eigenvalue weighted by Crippen LogP contribution is 2.34. The molecule has 1 amide bonds. The van der Waals surface area contributed by atoms with Crippen molar-refractivity contribution in [2.75, 3.05) is 11.1 Å². The van der Waals surface area contributed by atoms with Crippen molar-refractivity contribution in [2.24, 2.45) is 10.9 Å². The number of nitrogens with two attached hydrogens (primary N) is 1. The third kappa shape index (κ3) is 4.18. The molecule has 140 valence electrons. The van der Waals surface area contributed by atoms with Crippen molar-refractivity contribution in [2.45, 2.75) is 12.8 Å². The van der Waals surface area contributed by atoms with Gasteiger partial charge in [0.15, 0.2) is 0 Å². The number of carbonyl (C=O) groups excluding carboxylic acids is 1. The lowest BCUT2D eigenvalue weighted by Crippen LogP contribution is -2.14. The van der Waals surface area contributed by atoms with Crippen LogP contribution in [-0.4, -0.2) is 22.1 Å². The van der Waals surface area contributed by atoms with Gasteiger partial charge in [0.1, 0.15) is 17.3 Å². The lowest BCUT2D eigenvalue weighted by Gasteiger charge is -2.08. The largest absolute Gasteiger partial charge is 0.382 e. The van der Waals surface area contributed by atoms with Gasteiger partial charge in [-0.15, -0.1) is 0 Å². The first-order chi connectivity index (χ1) is 13.6. The minimum atomic E-state index is 0.0168. The third-order valence-corrected chi connectivity index (χ3v) is 4.69. The first kappa shape index (κ1) is 18.1. The second-order valence-electron chi connectivity index (χ2n) is 6.60. The van der Waals surface area contributed by atoms with Gasteiger partial charge in [-0.3, -0.25) is 9.79 Å². The number of carbonyl (C=O) groups is 1. The highest BCUT2D eigenvalue weighted by atomic mass is 35.5. The predicted octanol–water partition coefficient (Wildman–Crippen LogP) is 4.48. The van der Waals surface area contributed by atoms with Crippen LogP contribution in [0.2, 0.25) is 5.02 Å². The highest BCUT2D eigenvalue weighted by molar-refractivity contribution is 6.30. The maximum atomic E-state index is 11.9. The zero-order valence-electron chi connectivity index (χ0n) is 15.0. The molecule has 1 aliphatic carbocycles. The molecule has 1 fully saturated rings. The molecule has 2 aromatic heterocycles. The van der Waals surface area contributed by atoms with Crippen molar-refractivity contribution >= 4 is 41.0 Å². The molecule has 6 nitrogen and oxygen atoms in total. The lowest BCUT2D eigenvalue weighted by atomic mass is 10.1. The monoisotopic (exact) mass is 391 g/mol. The Bertz CT molecular complexity index is 1040. The number of halogens is 1. The molecule has 0 radical (unpaired) electrons. The lowest BCUT2D eigenvalue weighted by molar-refractivity contribution is -0.117. The Morgan fingerprint density at radius 2 is 1.89 bits per heavy atom. The molecule has 3 N–H and O–H groups in total. The second-order valence-corrected chi connectivity index (χ2v) is 7.03. The van der Waals surface area contributed by atoms with Crippen LogP contribution in [0.5, 0.6) is 0 Å². The average molecular weight is 392 g/mol. The summed E-state index contributed by atoms with van der Waals surface area (Å²) in [6.45, 7) is 0. The van der Waals surface area contributed by atoms with Crippen LogP contribution in [0.1, 0.15) is 18.4 Å². The van der Waals surface area contributed by atoms with Gasteiger partial charge in [-0.05, 0) is 54.3 Å². The summed E-state index contributed by atoms with van der Waals surface area (Å²) in [4.78, 5) is 24.8. The normalized spacial score (nSPS) is 13.6. The topological polar surface area (TPSA) is 93.3 Å². The van der Waals surface area contributed by atoms with Crippen LogP contribution in [0.25, 0.3) is 11.1 Å². The SMILES string of the molecule is Nc1nccc(-c2ccc(Cl)cc2)c1N=Cc1ccnc(NC(=O)C2CC2)c1. The van der Waals surface area contributed by atoms with Crippen LogP contribution in [0, 0.1) is 5.92 Å². The molecular weight excluding hydrogens is 374 g/mol. The molecule has 4 rings (SSSR count). The first-order valence-electron chi connectivity index (χ1n) is 8.91. The summed E-state index contributed by atoms with van der Waals surface area (Å²) in [7, 11) is 0. The Balaban J connectivity index is 1.61. The fraction of sp³-hybridized carbons (Fsp3) is 0.143. The van der Waals surface area contributed by atoms with E-state index in [2.05, 4.69) is 20.3 Å². The Morgan fingerprint density at radius 3 is 2.64 bits per heavy atom. The van der Waals surface area contributed by atoms with E-state index in [1.165, 1.54) is 0 Å². The van der Waals surface area contributed by atoms with Crippen molar-refractivity contribution in [3.8, 4) is 11.1 Å². The number of amides is 1. The Kier molecular flexibility index (Phi) is 5.04. The minimum Gasteiger partial charge on any atom is -0.382 e. The maximum Gasteiger partial charge on any atom is 0.228 e. The second kappa shape index (κ2) is 7.78. The smallest absolute Gasteiger partial charge is 0.228 e. The summed E-state index contributed by atoms with van der Waals surface area (Å²) in [6, 6.07) is 12.9. The van der Waals surface area contributed by atoms with Gasteiger partial charge < -0.3 is 11.1 Å².